The first-order valence-corrected chi connectivity index (χ1v) is 7.46. The van der Waals surface area contributed by atoms with Gasteiger partial charge < -0.3 is 5.32 Å². The van der Waals surface area contributed by atoms with Gasteiger partial charge >= 0.3 is 0 Å². The Hall–Kier alpha value is -0.960. The number of rotatable bonds is 5. The van der Waals surface area contributed by atoms with Crippen LogP contribution in [0, 0.1) is 0 Å². The molecule has 1 aliphatic heterocycles. The summed E-state index contributed by atoms with van der Waals surface area (Å²) < 4.78 is 29.8. The molecular weight excluding hydrogens is 254 g/mol. The highest BCUT2D eigenvalue weighted by atomic mass is 32.2. The van der Waals surface area contributed by atoms with Crippen LogP contribution in [0.3, 0.4) is 0 Å². The van der Waals surface area contributed by atoms with E-state index in [-0.39, 0.29) is 0 Å². The molecule has 7 nitrogen and oxygen atoms in total. The molecule has 0 unspecified atom stereocenters. The second-order valence-corrected chi connectivity index (χ2v) is 6.00. The van der Waals surface area contributed by atoms with Gasteiger partial charge in [0.2, 0.25) is 0 Å². The molecule has 2 rings (SSSR count). The number of hydrogen-bond acceptors (Lipinski definition) is 4. The van der Waals surface area contributed by atoms with E-state index in [4.69, 9.17) is 0 Å². The molecule has 1 saturated heterocycles. The van der Waals surface area contributed by atoms with Crippen molar-refractivity contribution in [2.24, 2.45) is 7.05 Å². The number of hydrogen-bond donors (Lipinski definition) is 2. The SMILES string of the molecule is Cn1nccc1CCNS(=O)(=O)N1CCNCC1. The van der Waals surface area contributed by atoms with Gasteiger partial charge in [-0.15, -0.1) is 0 Å². The van der Waals surface area contributed by atoms with Crippen LogP contribution in [0.2, 0.25) is 0 Å². The van der Waals surface area contributed by atoms with Gasteiger partial charge in [-0.1, -0.05) is 0 Å². The molecule has 0 aromatic carbocycles. The zero-order valence-corrected chi connectivity index (χ0v) is 11.3. The molecule has 1 aliphatic rings. The summed E-state index contributed by atoms with van der Waals surface area (Å²) in [6.45, 7) is 2.87. The number of aromatic nitrogens is 2. The first-order chi connectivity index (χ1) is 8.59. The van der Waals surface area contributed by atoms with E-state index < -0.39 is 10.2 Å². The van der Waals surface area contributed by atoms with Crippen LogP contribution in [0.25, 0.3) is 0 Å². The van der Waals surface area contributed by atoms with Gasteiger partial charge in [0.1, 0.15) is 0 Å². The minimum Gasteiger partial charge on any atom is -0.314 e. The molecular formula is C10H19N5O2S. The van der Waals surface area contributed by atoms with E-state index in [0.29, 0.717) is 39.1 Å². The fourth-order valence-electron chi connectivity index (χ4n) is 1.93. The summed E-state index contributed by atoms with van der Waals surface area (Å²) in [4.78, 5) is 0. The van der Waals surface area contributed by atoms with E-state index in [9.17, 15) is 8.42 Å². The first-order valence-electron chi connectivity index (χ1n) is 6.02. The van der Waals surface area contributed by atoms with Crippen molar-refractivity contribution in [2.45, 2.75) is 6.42 Å². The van der Waals surface area contributed by atoms with Gasteiger partial charge in [-0.2, -0.15) is 17.8 Å². The Morgan fingerprint density at radius 3 is 2.78 bits per heavy atom. The molecule has 0 atom stereocenters. The standard InChI is InChI=1S/C10H19N5O2S/c1-14-10(2-4-12-14)3-5-13-18(16,17)15-8-6-11-7-9-15/h2,4,11,13H,3,5-9H2,1H3. The van der Waals surface area contributed by atoms with E-state index in [1.165, 1.54) is 4.31 Å². The summed E-state index contributed by atoms with van der Waals surface area (Å²) in [6, 6.07) is 1.89. The molecule has 0 bridgehead atoms. The van der Waals surface area contributed by atoms with Crippen molar-refractivity contribution in [3.63, 3.8) is 0 Å². The quantitative estimate of drug-likeness (QED) is 0.699. The van der Waals surface area contributed by atoms with Crippen LogP contribution in [0.1, 0.15) is 5.69 Å². The van der Waals surface area contributed by atoms with Crippen LogP contribution in [0.5, 0.6) is 0 Å². The van der Waals surface area contributed by atoms with Gasteiger partial charge in [0.15, 0.2) is 0 Å². The molecule has 8 heteroatoms. The van der Waals surface area contributed by atoms with Crippen molar-refractivity contribution in [2.75, 3.05) is 32.7 Å². The number of nitrogens with one attached hydrogen (secondary N) is 2. The molecule has 18 heavy (non-hydrogen) atoms. The second-order valence-electron chi connectivity index (χ2n) is 4.24. The molecule has 0 amide bonds. The van der Waals surface area contributed by atoms with Gasteiger partial charge in [0.25, 0.3) is 10.2 Å². The third-order valence-corrected chi connectivity index (χ3v) is 4.62. The Morgan fingerprint density at radius 2 is 2.17 bits per heavy atom. The van der Waals surface area contributed by atoms with Crippen molar-refractivity contribution in [3.8, 4) is 0 Å². The molecule has 2 N–H and O–H groups in total. The third-order valence-electron chi connectivity index (χ3n) is 3.00. The second kappa shape index (κ2) is 5.79. The summed E-state index contributed by atoms with van der Waals surface area (Å²) in [5.74, 6) is 0. The highest BCUT2D eigenvalue weighted by molar-refractivity contribution is 7.87. The van der Waals surface area contributed by atoms with Crippen molar-refractivity contribution in [3.05, 3.63) is 18.0 Å². The van der Waals surface area contributed by atoms with Crippen molar-refractivity contribution in [1.29, 1.82) is 0 Å². The maximum absolute atomic E-state index is 12.0. The summed E-state index contributed by atoms with van der Waals surface area (Å²) >= 11 is 0. The lowest BCUT2D eigenvalue weighted by Crippen LogP contribution is -2.50. The Bertz CT molecular complexity index is 478. The number of nitrogens with zero attached hydrogens (tertiary/aromatic N) is 3. The average molecular weight is 273 g/mol. The third kappa shape index (κ3) is 3.29. The van der Waals surface area contributed by atoms with Crippen LogP contribution in [0.4, 0.5) is 0 Å². The highest BCUT2D eigenvalue weighted by Crippen LogP contribution is 2.01. The van der Waals surface area contributed by atoms with E-state index in [2.05, 4.69) is 15.1 Å². The largest absolute Gasteiger partial charge is 0.314 e. The zero-order valence-electron chi connectivity index (χ0n) is 10.5. The van der Waals surface area contributed by atoms with E-state index >= 15 is 0 Å². The fourth-order valence-corrected chi connectivity index (χ4v) is 3.14. The van der Waals surface area contributed by atoms with Crippen LogP contribution in [-0.2, 0) is 23.7 Å². The molecule has 1 aromatic heterocycles. The van der Waals surface area contributed by atoms with E-state index in [1.807, 2.05) is 13.1 Å². The lowest BCUT2D eigenvalue weighted by Gasteiger charge is -2.26. The van der Waals surface area contributed by atoms with Gasteiger partial charge in [-0.25, -0.2) is 4.72 Å². The summed E-state index contributed by atoms with van der Waals surface area (Å²) in [6.07, 6.45) is 2.35. The highest BCUT2D eigenvalue weighted by Gasteiger charge is 2.22. The molecule has 0 spiro atoms. The molecule has 0 aliphatic carbocycles. The molecule has 2 heterocycles. The van der Waals surface area contributed by atoms with Crippen molar-refractivity contribution >= 4 is 10.2 Å². The van der Waals surface area contributed by atoms with Gasteiger partial charge in [-0.05, 0) is 6.07 Å². The lowest BCUT2D eigenvalue weighted by molar-refractivity contribution is 0.355. The monoisotopic (exact) mass is 273 g/mol. The number of aryl methyl sites for hydroxylation is 1. The lowest BCUT2D eigenvalue weighted by atomic mass is 10.3. The minimum absolute atomic E-state index is 0.395. The summed E-state index contributed by atoms with van der Waals surface area (Å²) in [5.41, 5.74) is 1.01. The topological polar surface area (TPSA) is 79.3 Å². The smallest absolute Gasteiger partial charge is 0.279 e. The molecule has 1 fully saturated rings. The fraction of sp³-hybridized carbons (Fsp3) is 0.700. The average Bonchev–Trinajstić information content (AvgIpc) is 2.76. The van der Waals surface area contributed by atoms with Crippen LogP contribution in [0.15, 0.2) is 12.3 Å². The van der Waals surface area contributed by atoms with Crippen LogP contribution in [-0.4, -0.2) is 55.2 Å². The van der Waals surface area contributed by atoms with Crippen molar-refractivity contribution < 1.29 is 8.42 Å². The van der Waals surface area contributed by atoms with E-state index in [0.717, 1.165) is 5.69 Å². The summed E-state index contributed by atoms with van der Waals surface area (Å²) in [5, 5.41) is 7.17. The molecule has 1 aromatic rings. The Kier molecular flexibility index (Phi) is 4.33. The molecule has 102 valence electrons. The predicted octanol–water partition coefficient (Wildman–Crippen LogP) is -1.30. The van der Waals surface area contributed by atoms with Gasteiger partial charge in [0.05, 0.1) is 0 Å². The summed E-state index contributed by atoms with van der Waals surface area (Å²) in [7, 11) is -1.49. The van der Waals surface area contributed by atoms with E-state index in [1.54, 1.807) is 10.9 Å². The van der Waals surface area contributed by atoms with Crippen LogP contribution >= 0.6 is 0 Å². The van der Waals surface area contributed by atoms with Gasteiger partial charge in [-0.3, -0.25) is 4.68 Å². The van der Waals surface area contributed by atoms with Gasteiger partial charge in [0, 0.05) is 58.1 Å². The van der Waals surface area contributed by atoms with Crippen LogP contribution < -0.4 is 10.0 Å². The molecule has 0 radical (unpaired) electrons. The van der Waals surface area contributed by atoms with Crippen molar-refractivity contribution in [1.82, 2.24) is 24.1 Å². The first kappa shape index (κ1) is 13.5. The molecule has 0 saturated carbocycles. The normalized spacial score (nSPS) is 18.1. The Balaban J connectivity index is 1.83. The predicted molar refractivity (Wildman–Crippen MR) is 68.3 cm³/mol. The minimum atomic E-state index is -3.34. The number of piperazine rings is 1. The maximum atomic E-state index is 12.0. The maximum Gasteiger partial charge on any atom is 0.279 e. The zero-order chi connectivity index (χ0) is 13.0. The Labute approximate surface area is 107 Å². The Morgan fingerprint density at radius 1 is 1.44 bits per heavy atom.